The molecule has 2 aromatic carbocycles. The second-order valence-electron chi connectivity index (χ2n) is 4.07. The van der Waals surface area contributed by atoms with E-state index in [2.05, 4.69) is 0 Å². The van der Waals surface area contributed by atoms with Gasteiger partial charge in [-0.15, -0.1) is 0 Å². The molecule has 2 aromatic rings. The van der Waals surface area contributed by atoms with Crippen molar-refractivity contribution in [2.45, 2.75) is 13.0 Å². The fraction of sp³-hybridized carbons (Fsp3) is 0.143. The molecule has 0 bridgehead atoms. The molecule has 0 saturated heterocycles. The fourth-order valence-corrected chi connectivity index (χ4v) is 2.31. The third-order valence-electron chi connectivity index (χ3n) is 2.50. The van der Waals surface area contributed by atoms with E-state index >= 15 is 0 Å². The Morgan fingerprint density at radius 3 is 2.16 bits per heavy atom. The lowest BCUT2D eigenvalue weighted by atomic mass is 10.1. The van der Waals surface area contributed by atoms with Crippen LogP contribution in [0.2, 0.25) is 15.1 Å². The number of aliphatic hydroxyl groups excluding tert-OH is 1. The summed E-state index contributed by atoms with van der Waals surface area (Å²) in [5.41, 5.74) is 0.724. The van der Waals surface area contributed by atoms with Crippen molar-refractivity contribution in [1.29, 1.82) is 0 Å². The lowest BCUT2D eigenvalue weighted by Crippen LogP contribution is -1.92. The number of aliphatic hydroxyl groups is 1. The van der Waals surface area contributed by atoms with Gasteiger partial charge in [-0.1, -0.05) is 40.9 Å². The average molecular weight is 318 g/mol. The average Bonchev–Trinajstić information content (AvgIpc) is 2.30. The topological polar surface area (TPSA) is 29.5 Å². The molecule has 19 heavy (non-hydrogen) atoms. The summed E-state index contributed by atoms with van der Waals surface area (Å²) in [6.45, 7) is 1.67. The minimum Gasteiger partial charge on any atom is -0.456 e. The SMILES string of the molecule is C[C@@H](O)c1ccc(Oc2cc(Cl)cc(Cl)c2)c(Cl)c1. The molecule has 0 spiro atoms. The van der Waals surface area contributed by atoms with E-state index in [1.165, 1.54) is 0 Å². The van der Waals surface area contributed by atoms with E-state index in [9.17, 15) is 5.11 Å². The molecule has 2 nitrogen and oxygen atoms in total. The van der Waals surface area contributed by atoms with Crippen LogP contribution >= 0.6 is 34.8 Å². The number of halogens is 3. The van der Waals surface area contributed by atoms with Crippen LogP contribution in [0.15, 0.2) is 36.4 Å². The van der Waals surface area contributed by atoms with E-state index < -0.39 is 6.10 Å². The molecule has 0 aliphatic carbocycles. The van der Waals surface area contributed by atoms with E-state index in [1.54, 1.807) is 43.3 Å². The number of rotatable bonds is 3. The number of hydrogen-bond donors (Lipinski definition) is 1. The van der Waals surface area contributed by atoms with Gasteiger partial charge in [-0.25, -0.2) is 0 Å². The standard InChI is InChI=1S/C14H11Cl3O2/c1-8(18)9-2-3-14(13(17)4-9)19-12-6-10(15)5-11(16)7-12/h2-8,18H,1H3/t8-/m1/s1. The highest BCUT2D eigenvalue weighted by Crippen LogP contribution is 2.33. The normalized spacial score (nSPS) is 12.3. The Morgan fingerprint density at radius 2 is 1.63 bits per heavy atom. The van der Waals surface area contributed by atoms with Crippen LogP contribution < -0.4 is 4.74 Å². The van der Waals surface area contributed by atoms with E-state index in [1.807, 2.05) is 0 Å². The lowest BCUT2D eigenvalue weighted by molar-refractivity contribution is 0.199. The van der Waals surface area contributed by atoms with Crippen molar-refractivity contribution >= 4 is 34.8 Å². The highest BCUT2D eigenvalue weighted by Gasteiger charge is 2.08. The van der Waals surface area contributed by atoms with Crippen molar-refractivity contribution < 1.29 is 9.84 Å². The first-order chi connectivity index (χ1) is 8.95. The summed E-state index contributed by atoms with van der Waals surface area (Å²) in [6.07, 6.45) is -0.577. The van der Waals surface area contributed by atoms with Crippen LogP contribution in [0.25, 0.3) is 0 Å². The van der Waals surface area contributed by atoms with Crippen molar-refractivity contribution in [3.63, 3.8) is 0 Å². The molecule has 0 fully saturated rings. The molecule has 0 aromatic heterocycles. The smallest absolute Gasteiger partial charge is 0.146 e. The molecular weight excluding hydrogens is 307 g/mol. The summed E-state index contributed by atoms with van der Waals surface area (Å²) in [7, 11) is 0. The minimum atomic E-state index is -0.577. The molecule has 5 heteroatoms. The van der Waals surface area contributed by atoms with Crippen molar-refractivity contribution in [2.24, 2.45) is 0 Å². The van der Waals surface area contributed by atoms with Gasteiger partial charge >= 0.3 is 0 Å². The molecule has 0 aliphatic heterocycles. The quantitative estimate of drug-likeness (QED) is 0.810. The Kier molecular flexibility index (Phi) is 4.58. The third kappa shape index (κ3) is 3.77. The second-order valence-corrected chi connectivity index (χ2v) is 5.35. The maximum atomic E-state index is 9.47. The van der Waals surface area contributed by atoms with Gasteiger partial charge in [0.05, 0.1) is 11.1 Å². The van der Waals surface area contributed by atoms with Crippen molar-refractivity contribution in [1.82, 2.24) is 0 Å². The van der Waals surface area contributed by atoms with Gasteiger partial charge in [0, 0.05) is 10.0 Å². The molecule has 0 aliphatic rings. The van der Waals surface area contributed by atoms with Gasteiger partial charge in [-0.3, -0.25) is 0 Å². The molecule has 0 heterocycles. The Labute approximate surface area is 126 Å². The first-order valence-corrected chi connectivity index (χ1v) is 6.70. The third-order valence-corrected chi connectivity index (χ3v) is 3.23. The van der Waals surface area contributed by atoms with Gasteiger partial charge in [0.25, 0.3) is 0 Å². The van der Waals surface area contributed by atoms with Crippen LogP contribution in [-0.4, -0.2) is 5.11 Å². The summed E-state index contributed by atoms with van der Waals surface area (Å²) in [4.78, 5) is 0. The van der Waals surface area contributed by atoms with Gasteiger partial charge in [0.15, 0.2) is 0 Å². The Balaban J connectivity index is 2.28. The zero-order chi connectivity index (χ0) is 14.0. The highest BCUT2D eigenvalue weighted by molar-refractivity contribution is 6.34. The van der Waals surface area contributed by atoms with E-state index in [4.69, 9.17) is 39.5 Å². The van der Waals surface area contributed by atoms with Crippen LogP contribution in [0, 0.1) is 0 Å². The molecule has 2 rings (SSSR count). The largest absolute Gasteiger partial charge is 0.456 e. The monoisotopic (exact) mass is 316 g/mol. The van der Waals surface area contributed by atoms with Crippen LogP contribution in [0.1, 0.15) is 18.6 Å². The molecule has 0 radical (unpaired) electrons. The molecule has 1 atom stereocenters. The summed E-state index contributed by atoms with van der Waals surface area (Å²) in [5.74, 6) is 0.980. The summed E-state index contributed by atoms with van der Waals surface area (Å²) >= 11 is 17.9. The summed E-state index contributed by atoms with van der Waals surface area (Å²) < 4.78 is 5.62. The fourth-order valence-electron chi connectivity index (χ4n) is 1.57. The molecule has 0 amide bonds. The Morgan fingerprint density at radius 1 is 1.00 bits per heavy atom. The van der Waals surface area contributed by atoms with Gasteiger partial charge < -0.3 is 9.84 Å². The zero-order valence-corrected chi connectivity index (χ0v) is 12.3. The number of hydrogen-bond acceptors (Lipinski definition) is 2. The van der Waals surface area contributed by atoms with Crippen molar-refractivity contribution in [3.8, 4) is 11.5 Å². The van der Waals surface area contributed by atoms with Crippen molar-refractivity contribution in [3.05, 3.63) is 57.0 Å². The predicted molar refractivity (Wildman–Crippen MR) is 78.6 cm³/mol. The van der Waals surface area contributed by atoms with Crippen LogP contribution in [0.4, 0.5) is 0 Å². The zero-order valence-electron chi connectivity index (χ0n) is 10.0. The van der Waals surface area contributed by atoms with Gasteiger partial charge in [-0.05, 0) is 42.8 Å². The maximum Gasteiger partial charge on any atom is 0.146 e. The maximum absolute atomic E-state index is 9.47. The first-order valence-electron chi connectivity index (χ1n) is 5.57. The predicted octanol–water partition coefficient (Wildman–Crippen LogP) is 5.49. The molecule has 100 valence electrons. The summed E-state index contributed by atoms with van der Waals surface area (Å²) in [5, 5.41) is 10.8. The lowest BCUT2D eigenvalue weighted by Gasteiger charge is -2.11. The second kappa shape index (κ2) is 6.02. The first kappa shape index (κ1) is 14.5. The number of benzene rings is 2. The molecule has 0 saturated carbocycles. The van der Waals surface area contributed by atoms with Crippen LogP contribution in [-0.2, 0) is 0 Å². The number of ether oxygens (including phenoxy) is 1. The van der Waals surface area contributed by atoms with E-state index in [0.29, 0.717) is 26.6 Å². The Bertz CT molecular complexity index is 577. The Hall–Kier alpha value is -0.930. The summed E-state index contributed by atoms with van der Waals surface area (Å²) in [6, 6.07) is 10.0. The van der Waals surface area contributed by atoms with E-state index in [0.717, 1.165) is 5.56 Å². The highest BCUT2D eigenvalue weighted by atomic mass is 35.5. The van der Waals surface area contributed by atoms with Crippen LogP contribution in [0.5, 0.6) is 11.5 Å². The minimum absolute atomic E-state index is 0.412. The van der Waals surface area contributed by atoms with Gasteiger partial charge in [-0.2, -0.15) is 0 Å². The molecular formula is C14H11Cl3O2. The van der Waals surface area contributed by atoms with Crippen LogP contribution in [0.3, 0.4) is 0 Å². The molecule has 1 N–H and O–H groups in total. The van der Waals surface area contributed by atoms with Gasteiger partial charge in [0.2, 0.25) is 0 Å². The molecule has 0 unspecified atom stereocenters. The van der Waals surface area contributed by atoms with Crippen molar-refractivity contribution in [2.75, 3.05) is 0 Å². The van der Waals surface area contributed by atoms with Gasteiger partial charge in [0.1, 0.15) is 11.5 Å². The van der Waals surface area contributed by atoms with E-state index in [-0.39, 0.29) is 0 Å².